The lowest BCUT2D eigenvalue weighted by Crippen LogP contribution is -2.22. The number of rotatable bonds is 7. The molecule has 1 aromatic carbocycles. The maximum atomic E-state index is 12.9. The minimum absolute atomic E-state index is 0.294. The summed E-state index contributed by atoms with van der Waals surface area (Å²) in [7, 11) is 1.54. The highest BCUT2D eigenvalue weighted by Gasteiger charge is 2.35. The Balaban J connectivity index is 1.61. The number of pyridine rings is 1. The number of imide groups is 1. The number of hydrogen-bond donors (Lipinski definition) is 1. The molecule has 160 valence electrons. The summed E-state index contributed by atoms with van der Waals surface area (Å²) in [5.74, 6) is -0.366. The van der Waals surface area contributed by atoms with E-state index in [-0.39, 0.29) is 0 Å². The van der Waals surface area contributed by atoms with E-state index in [2.05, 4.69) is 25.7 Å². The normalized spacial score (nSPS) is 13.8. The van der Waals surface area contributed by atoms with Crippen LogP contribution in [0.5, 0.6) is 5.75 Å². The number of carbonyl (C=O) groups is 2. The average Bonchev–Trinajstić information content (AvgIpc) is 3.52. The van der Waals surface area contributed by atoms with Crippen molar-refractivity contribution in [1.82, 2.24) is 35.1 Å². The number of methoxy groups -OCH3 is 1. The number of para-hydroxylation sites is 1. The second kappa shape index (κ2) is 8.06. The van der Waals surface area contributed by atoms with Gasteiger partial charge in [-0.25, -0.2) is 4.98 Å². The van der Waals surface area contributed by atoms with Crippen LogP contribution in [0.15, 0.2) is 55.1 Å². The fourth-order valence-electron chi connectivity index (χ4n) is 3.99. The van der Waals surface area contributed by atoms with Crippen LogP contribution in [0.4, 0.5) is 0 Å². The van der Waals surface area contributed by atoms with Crippen molar-refractivity contribution in [2.75, 3.05) is 7.11 Å². The topological polar surface area (TPSA) is 117 Å². The van der Waals surface area contributed by atoms with Crippen LogP contribution in [0.25, 0.3) is 22.2 Å². The molecule has 0 aliphatic carbocycles. The number of benzene rings is 1. The molecule has 0 spiro atoms. The van der Waals surface area contributed by atoms with Crippen molar-refractivity contribution in [3.05, 3.63) is 66.2 Å². The quantitative estimate of drug-likeness (QED) is 0.444. The first kappa shape index (κ1) is 19.6. The van der Waals surface area contributed by atoms with Gasteiger partial charge in [-0.1, -0.05) is 18.2 Å². The number of aryl methyl sites for hydroxylation is 2. The summed E-state index contributed by atoms with van der Waals surface area (Å²) >= 11 is 0. The van der Waals surface area contributed by atoms with Gasteiger partial charge in [-0.15, -0.1) is 10.2 Å². The van der Waals surface area contributed by atoms with Gasteiger partial charge in [0.2, 0.25) is 0 Å². The molecule has 0 atom stereocenters. The second-order valence-corrected chi connectivity index (χ2v) is 7.23. The van der Waals surface area contributed by atoms with E-state index in [4.69, 9.17) is 4.74 Å². The van der Waals surface area contributed by atoms with E-state index in [1.165, 1.54) is 18.2 Å². The van der Waals surface area contributed by atoms with Crippen LogP contribution in [0.3, 0.4) is 0 Å². The molecule has 10 nitrogen and oxygen atoms in total. The number of fused-ring (bicyclic) bond motifs is 1. The number of amides is 2. The van der Waals surface area contributed by atoms with Crippen LogP contribution in [0, 0.1) is 0 Å². The Labute approximate surface area is 182 Å². The summed E-state index contributed by atoms with van der Waals surface area (Å²) in [6.07, 6.45) is 5.71. The number of nitrogens with one attached hydrogen (secondary N) is 1. The number of ether oxygens (including phenoxy) is 1. The third kappa shape index (κ3) is 3.31. The highest BCUT2D eigenvalue weighted by atomic mass is 16.5. The molecular formula is C22H19N7O3. The molecule has 0 radical (unpaired) electrons. The molecule has 0 saturated heterocycles. The van der Waals surface area contributed by atoms with Crippen molar-refractivity contribution >= 4 is 34.0 Å². The van der Waals surface area contributed by atoms with Gasteiger partial charge in [-0.2, -0.15) is 4.80 Å². The highest BCUT2D eigenvalue weighted by Crippen LogP contribution is 2.38. The average molecular weight is 429 g/mol. The molecule has 1 N–H and O–H groups in total. The number of hydrogen-bond acceptors (Lipinski definition) is 7. The van der Waals surface area contributed by atoms with Gasteiger partial charge in [-0.05, 0) is 29.8 Å². The molecule has 0 unspecified atom stereocenters. The first-order valence-corrected chi connectivity index (χ1v) is 10.1. The van der Waals surface area contributed by atoms with Crippen LogP contribution in [0.1, 0.15) is 17.5 Å². The Morgan fingerprint density at radius 1 is 1.00 bits per heavy atom. The molecule has 2 amide bonds. The lowest BCUT2D eigenvalue weighted by molar-refractivity contribution is -0.122. The fourth-order valence-corrected chi connectivity index (χ4v) is 3.99. The predicted molar refractivity (Wildman–Crippen MR) is 115 cm³/mol. The lowest BCUT2D eigenvalue weighted by atomic mass is 9.96. The monoisotopic (exact) mass is 429 g/mol. The Kier molecular flexibility index (Phi) is 4.94. The molecule has 32 heavy (non-hydrogen) atoms. The van der Waals surface area contributed by atoms with E-state index in [9.17, 15) is 9.59 Å². The summed E-state index contributed by atoms with van der Waals surface area (Å²) in [6.45, 7) is 1.22. The zero-order valence-corrected chi connectivity index (χ0v) is 17.2. The molecule has 0 saturated carbocycles. The number of carbonyl (C=O) groups excluding carboxylic acids is 2. The first-order valence-electron chi connectivity index (χ1n) is 10.1. The predicted octanol–water partition coefficient (Wildman–Crippen LogP) is 1.69. The molecule has 4 heterocycles. The molecule has 10 heteroatoms. The van der Waals surface area contributed by atoms with Gasteiger partial charge >= 0.3 is 0 Å². The maximum absolute atomic E-state index is 12.9. The van der Waals surface area contributed by atoms with E-state index >= 15 is 0 Å². The van der Waals surface area contributed by atoms with Crippen molar-refractivity contribution in [3.63, 3.8) is 0 Å². The Morgan fingerprint density at radius 2 is 1.81 bits per heavy atom. The van der Waals surface area contributed by atoms with Crippen molar-refractivity contribution < 1.29 is 14.3 Å². The van der Waals surface area contributed by atoms with Crippen molar-refractivity contribution in [3.8, 4) is 5.75 Å². The Morgan fingerprint density at radius 3 is 2.59 bits per heavy atom. The molecule has 1 aliphatic heterocycles. The zero-order valence-electron chi connectivity index (χ0n) is 17.2. The van der Waals surface area contributed by atoms with E-state index in [1.807, 2.05) is 35.0 Å². The maximum Gasteiger partial charge on any atom is 0.259 e. The largest absolute Gasteiger partial charge is 0.496 e. The van der Waals surface area contributed by atoms with Crippen LogP contribution >= 0.6 is 0 Å². The molecule has 0 fully saturated rings. The SMILES string of the molecule is COc1ccccc1C1=C(c2cn(CCCn3ncnn3)c3ncccc23)C(=O)NC1=O. The number of nitrogens with zero attached hydrogens (tertiary/aromatic N) is 6. The van der Waals surface area contributed by atoms with E-state index in [0.29, 0.717) is 41.1 Å². The van der Waals surface area contributed by atoms with Crippen LogP contribution < -0.4 is 10.1 Å². The third-order valence-corrected chi connectivity index (χ3v) is 5.36. The van der Waals surface area contributed by atoms with Crippen molar-refractivity contribution in [2.45, 2.75) is 19.5 Å². The third-order valence-electron chi connectivity index (χ3n) is 5.36. The summed E-state index contributed by atoms with van der Waals surface area (Å²) in [4.78, 5) is 31.7. The number of aromatic nitrogens is 6. The lowest BCUT2D eigenvalue weighted by Gasteiger charge is -2.09. The zero-order chi connectivity index (χ0) is 22.1. The van der Waals surface area contributed by atoms with Crippen LogP contribution in [-0.2, 0) is 22.7 Å². The first-order chi connectivity index (χ1) is 15.7. The van der Waals surface area contributed by atoms with E-state index < -0.39 is 11.8 Å². The standard InChI is InChI=1S/C22H19N7O3/c1-32-17-8-3-2-6-15(17)18-19(22(31)26-21(18)30)16-12-28(20-14(16)7-4-9-23-20)10-5-11-29-25-13-24-27-29/h2-4,6-9,12-13H,5,10-11H2,1H3,(H,26,30,31). The van der Waals surface area contributed by atoms with Gasteiger partial charge in [-0.3, -0.25) is 14.9 Å². The minimum atomic E-state index is -0.448. The molecule has 3 aromatic heterocycles. The van der Waals surface area contributed by atoms with Gasteiger partial charge < -0.3 is 9.30 Å². The Hall–Kier alpha value is -4.34. The van der Waals surface area contributed by atoms with Gasteiger partial charge in [0.25, 0.3) is 11.8 Å². The van der Waals surface area contributed by atoms with Crippen molar-refractivity contribution in [2.24, 2.45) is 0 Å². The summed E-state index contributed by atoms with van der Waals surface area (Å²) < 4.78 is 7.42. The van der Waals surface area contributed by atoms with E-state index in [0.717, 1.165) is 17.5 Å². The van der Waals surface area contributed by atoms with E-state index in [1.54, 1.807) is 18.3 Å². The molecule has 4 aromatic rings. The van der Waals surface area contributed by atoms with Gasteiger partial charge in [0.05, 0.1) is 24.8 Å². The second-order valence-electron chi connectivity index (χ2n) is 7.23. The minimum Gasteiger partial charge on any atom is -0.496 e. The van der Waals surface area contributed by atoms with Crippen LogP contribution in [-0.4, -0.2) is 48.7 Å². The van der Waals surface area contributed by atoms with Crippen molar-refractivity contribution in [1.29, 1.82) is 0 Å². The smallest absolute Gasteiger partial charge is 0.259 e. The Bertz CT molecular complexity index is 1360. The highest BCUT2D eigenvalue weighted by molar-refractivity contribution is 6.50. The summed E-state index contributed by atoms with van der Waals surface area (Å²) in [5, 5.41) is 14.8. The van der Waals surface area contributed by atoms with Gasteiger partial charge in [0.1, 0.15) is 11.4 Å². The fraction of sp³-hybridized carbons (Fsp3) is 0.182. The van der Waals surface area contributed by atoms with Gasteiger partial charge in [0, 0.05) is 35.5 Å². The van der Waals surface area contributed by atoms with Gasteiger partial charge in [0.15, 0.2) is 6.33 Å². The molecule has 5 rings (SSSR count). The molecular weight excluding hydrogens is 410 g/mol. The summed E-state index contributed by atoms with van der Waals surface area (Å²) in [5.41, 5.74) is 2.55. The number of tetrazole rings is 1. The summed E-state index contributed by atoms with van der Waals surface area (Å²) in [6, 6.07) is 10.9. The molecule has 1 aliphatic rings. The molecule has 0 bridgehead atoms. The van der Waals surface area contributed by atoms with Crippen LogP contribution in [0.2, 0.25) is 0 Å².